The average molecular weight is 344 g/mol. The van der Waals surface area contributed by atoms with Gasteiger partial charge in [0.1, 0.15) is 5.75 Å². The minimum Gasteiger partial charge on any atom is -0.494 e. The van der Waals surface area contributed by atoms with Crippen LogP contribution in [0.15, 0.2) is 36.4 Å². The minimum atomic E-state index is -0.876. The van der Waals surface area contributed by atoms with Gasteiger partial charge in [-0.15, -0.1) is 0 Å². The highest BCUT2D eigenvalue weighted by molar-refractivity contribution is 6.04. The van der Waals surface area contributed by atoms with Crippen molar-refractivity contribution in [3.8, 4) is 11.5 Å². The van der Waals surface area contributed by atoms with Crippen LogP contribution < -0.4 is 20.5 Å². The summed E-state index contributed by atoms with van der Waals surface area (Å²) in [6.07, 6.45) is -0.624. The number of nitrogens with two attached hydrogens (primary N) is 1. The Morgan fingerprint density at radius 3 is 2.84 bits per heavy atom. The number of hydrogen-bond donors (Lipinski definition) is 2. The van der Waals surface area contributed by atoms with E-state index in [1.54, 1.807) is 18.2 Å². The lowest BCUT2D eigenvalue weighted by Crippen LogP contribution is -2.32. The second-order valence-corrected chi connectivity index (χ2v) is 5.53. The van der Waals surface area contributed by atoms with Gasteiger partial charge in [-0.3, -0.25) is 9.59 Å². The van der Waals surface area contributed by atoms with Gasteiger partial charge in [0.2, 0.25) is 0 Å². The van der Waals surface area contributed by atoms with Crippen molar-refractivity contribution in [3.05, 3.63) is 53.3 Å². The first-order valence-corrected chi connectivity index (χ1v) is 7.81. The Labute approximate surface area is 143 Å². The van der Waals surface area contributed by atoms with Crippen molar-refractivity contribution < 1.29 is 23.5 Å². The SMILES string of the molecule is CCOc1ccc(NC(=O)[C@H]2Cc3cccc(F)c3O2)c(C(N)=O)c1. The van der Waals surface area contributed by atoms with Crippen molar-refractivity contribution in [1.82, 2.24) is 0 Å². The lowest BCUT2D eigenvalue weighted by molar-refractivity contribution is -0.122. The highest BCUT2D eigenvalue weighted by Crippen LogP contribution is 2.32. The summed E-state index contributed by atoms with van der Waals surface area (Å²) in [5.41, 5.74) is 6.37. The molecule has 0 radical (unpaired) electrons. The monoisotopic (exact) mass is 344 g/mol. The van der Waals surface area contributed by atoms with Crippen molar-refractivity contribution in [2.75, 3.05) is 11.9 Å². The Hall–Kier alpha value is -3.09. The number of carbonyl (C=O) groups is 2. The summed E-state index contributed by atoms with van der Waals surface area (Å²) < 4.78 is 24.4. The maximum atomic E-state index is 13.7. The molecule has 2 amide bonds. The number of primary amides is 1. The average Bonchev–Trinajstić information content (AvgIpc) is 3.02. The normalized spacial score (nSPS) is 15.2. The lowest BCUT2D eigenvalue weighted by Gasteiger charge is -2.14. The zero-order valence-corrected chi connectivity index (χ0v) is 13.5. The smallest absolute Gasteiger partial charge is 0.265 e. The molecule has 2 aromatic carbocycles. The van der Waals surface area contributed by atoms with E-state index in [1.165, 1.54) is 18.2 Å². The molecule has 7 heteroatoms. The lowest BCUT2D eigenvalue weighted by atomic mass is 10.1. The van der Waals surface area contributed by atoms with Crippen LogP contribution >= 0.6 is 0 Å². The fourth-order valence-electron chi connectivity index (χ4n) is 2.68. The number of fused-ring (bicyclic) bond motifs is 1. The molecule has 0 aromatic heterocycles. The number of amides is 2. The third-order valence-corrected chi connectivity index (χ3v) is 3.83. The van der Waals surface area contributed by atoms with E-state index in [0.29, 0.717) is 17.9 Å². The number of rotatable bonds is 5. The summed E-state index contributed by atoms with van der Waals surface area (Å²) in [4.78, 5) is 24.1. The number of anilines is 1. The molecule has 0 spiro atoms. The molecule has 0 saturated carbocycles. The fourth-order valence-corrected chi connectivity index (χ4v) is 2.68. The van der Waals surface area contributed by atoms with Crippen molar-refractivity contribution in [2.45, 2.75) is 19.4 Å². The van der Waals surface area contributed by atoms with Gasteiger partial charge in [-0.25, -0.2) is 4.39 Å². The van der Waals surface area contributed by atoms with Gasteiger partial charge in [-0.05, 0) is 31.2 Å². The van der Waals surface area contributed by atoms with E-state index in [9.17, 15) is 14.0 Å². The Morgan fingerprint density at radius 2 is 2.16 bits per heavy atom. The molecular weight excluding hydrogens is 327 g/mol. The van der Waals surface area contributed by atoms with Crippen LogP contribution in [0.1, 0.15) is 22.8 Å². The molecule has 0 bridgehead atoms. The Balaban J connectivity index is 1.78. The Bertz CT molecular complexity index is 838. The number of ether oxygens (including phenoxy) is 2. The van der Waals surface area contributed by atoms with E-state index in [4.69, 9.17) is 15.2 Å². The number of hydrogen-bond acceptors (Lipinski definition) is 4. The summed E-state index contributed by atoms with van der Waals surface area (Å²) in [6.45, 7) is 2.25. The second-order valence-electron chi connectivity index (χ2n) is 5.53. The van der Waals surface area contributed by atoms with Crippen LogP contribution in [0.5, 0.6) is 11.5 Å². The Morgan fingerprint density at radius 1 is 1.36 bits per heavy atom. The van der Waals surface area contributed by atoms with E-state index in [-0.39, 0.29) is 23.4 Å². The molecule has 0 saturated heterocycles. The largest absolute Gasteiger partial charge is 0.494 e. The summed E-state index contributed by atoms with van der Waals surface area (Å²) in [5.74, 6) is -1.13. The van der Waals surface area contributed by atoms with Gasteiger partial charge in [-0.2, -0.15) is 0 Å². The first kappa shape index (κ1) is 16.8. The van der Waals surface area contributed by atoms with Crippen LogP contribution in [0.25, 0.3) is 0 Å². The van der Waals surface area contributed by atoms with Crippen molar-refractivity contribution >= 4 is 17.5 Å². The second kappa shape index (κ2) is 6.80. The topological polar surface area (TPSA) is 90.7 Å². The molecule has 1 heterocycles. The quantitative estimate of drug-likeness (QED) is 0.870. The third-order valence-electron chi connectivity index (χ3n) is 3.83. The van der Waals surface area contributed by atoms with Gasteiger partial charge < -0.3 is 20.5 Å². The van der Waals surface area contributed by atoms with Gasteiger partial charge in [0.25, 0.3) is 11.8 Å². The first-order chi connectivity index (χ1) is 12.0. The van der Waals surface area contributed by atoms with Crippen LogP contribution in [0.4, 0.5) is 10.1 Å². The van der Waals surface area contributed by atoms with Crippen LogP contribution in [0.2, 0.25) is 0 Å². The van der Waals surface area contributed by atoms with E-state index in [0.717, 1.165) is 0 Å². The molecule has 1 atom stereocenters. The number of carbonyl (C=O) groups excluding carboxylic acids is 2. The van der Waals surface area contributed by atoms with E-state index in [2.05, 4.69) is 5.32 Å². The maximum absolute atomic E-state index is 13.7. The fraction of sp³-hybridized carbons (Fsp3) is 0.222. The van der Waals surface area contributed by atoms with Crippen molar-refractivity contribution in [1.29, 1.82) is 0 Å². The van der Waals surface area contributed by atoms with Crippen LogP contribution in [0, 0.1) is 5.82 Å². The molecule has 1 aliphatic heterocycles. The molecule has 25 heavy (non-hydrogen) atoms. The highest BCUT2D eigenvalue weighted by atomic mass is 19.1. The number of halogens is 1. The van der Waals surface area contributed by atoms with Gasteiger partial charge in [-0.1, -0.05) is 12.1 Å². The molecule has 6 nitrogen and oxygen atoms in total. The summed E-state index contributed by atoms with van der Waals surface area (Å²) in [7, 11) is 0. The number of nitrogens with one attached hydrogen (secondary N) is 1. The molecule has 0 fully saturated rings. The van der Waals surface area contributed by atoms with Gasteiger partial charge >= 0.3 is 0 Å². The zero-order valence-electron chi connectivity index (χ0n) is 13.5. The molecule has 3 N–H and O–H groups in total. The van der Waals surface area contributed by atoms with Crippen LogP contribution in [0.3, 0.4) is 0 Å². The van der Waals surface area contributed by atoms with Crippen molar-refractivity contribution in [3.63, 3.8) is 0 Å². The minimum absolute atomic E-state index is 0.0875. The zero-order chi connectivity index (χ0) is 18.0. The summed E-state index contributed by atoms with van der Waals surface area (Å²) >= 11 is 0. The molecular formula is C18H17FN2O4. The van der Waals surface area contributed by atoms with Crippen molar-refractivity contribution in [2.24, 2.45) is 5.73 Å². The predicted octanol–water partition coefficient (Wildman–Crippen LogP) is 2.27. The van der Waals surface area contributed by atoms with Gasteiger partial charge in [0.15, 0.2) is 17.7 Å². The standard InChI is InChI=1S/C18H17FN2O4/c1-2-24-11-6-7-14(12(9-11)17(20)22)21-18(23)15-8-10-4-3-5-13(19)16(10)25-15/h3-7,9,15H,2,8H2,1H3,(H2,20,22)(H,21,23)/t15-/m1/s1. The third kappa shape index (κ3) is 3.40. The van der Waals surface area contributed by atoms with E-state index in [1.807, 2.05) is 6.92 Å². The molecule has 3 rings (SSSR count). The maximum Gasteiger partial charge on any atom is 0.265 e. The van der Waals surface area contributed by atoms with Crippen LogP contribution in [-0.2, 0) is 11.2 Å². The number of benzene rings is 2. The first-order valence-electron chi connectivity index (χ1n) is 7.81. The molecule has 130 valence electrons. The van der Waals surface area contributed by atoms with Gasteiger partial charge in [0.05, 0.1) is 17.9 Å². The molecule has 0 unspecified atom stereocenters. The number of para-hydroxylation sites is 1. The summed E-state index contributed by atoms with van der Waals surface area (Å²) in [6, 6.07) is 9.16. The van der Waals surface area contributed by atoms with Crippen LogP contribution in [-0.4, -0.2) is 24.5 Å². The van der Waals surface area contributed by atoms with E-state index >= 15 is 0 Å². The van der Waals surface area contributed by atoms with Gasteiger partial charge in [0, 0.05) is 12.0 Å². The van der Waals surface area contributed by atoms with E-state index < -0.39 is 23.7 Å². The molecule has 2 aromatic rings. The molecule has 0 aliphatic carbocycles. The highest BCUT2D eigenvalue weighted by Gasteiger charge is 2.31. The predicted molar refractivity (Wildman–Crippen MR) is 89.3 cm³/mol. The Kier molecular flexibility index (Phi) is 4.56. The molecule has 1 aliphatic rings. The summed E-state index contributed by atoms with van der Waals surface area (Å²) in [5, 5.41) is 2.61.